The summed E-state index contributed by atoms with van der Waals surface area (Å²) >= 11 is 0. The van der Waals surface area contributed by atoms with Crippen LogP contribution in [0.2, 0.25) is 0 Å². The van der Waals surface area contributed by atoms with Gasteiger partial charge in [0.1, 0.15) is 91.6 Å². The van der Waals surface area contributed by atoms with Crippen LogP contribution < -0.4 is 0 Å². The van der Waals surface area contributed by atoms with Crippen LogP contribution in [0.3, 0.4) is 0 Å². The quantitative estimate of drug-likeness (QED) is 0.0557. The number of aliphatic hydroxyl groups is 15. The average Bonchev–Trinajstić information content (AvgIpc) is 3.76. The van der Waals surface area contributed by atoms with E-state index in [0.717, 1.165) is 12.8 Å². The summed E-state index contributed by atoms with van der Waals surface area (Å²) in [5, 5.41) is 162. The predicted molar refractivity (Wildman–Crippen MR) is 262 cm³/mol. The number of hydrogen-bond acceptors (Lipinski definition) is 23. The summed E-state index contributed by atoms with van der Waals surface area (Å²) in [6.07, 6.45) is -27.3. The standard InChI is InChI=1S/C53H90O23/c1-22(2)24(56)10-16-53(8,76-47-43(68)39(64)37(62)29(73-47)21-70-45-41(66)34(59)26(58)20-69-45)23-9-14-52(7)33(23)25(57)17-31-50(5)13-12-32(49(3,4)30(50)11-15-51(31,52)6)74-48-44(40(65)36(61)28(19-55)72-48)75-46-42(67)38(63)35(60)27(18-54)71-46/h23-48,54-68H,1,9-21H2,2-8H3/t23?,24?,25-,26?,27?,28?,29?,30?,31?,32+,33?,34?,35?,36?,37?,38?,39?,40?,41?,42?,43?,44?,45?,46?,47?,48?,50+,51-,52-,53+/m1/s1. The molecule has 4 heterocycles. The van der Waals surface area contributed by atoms with E-state index < -0.39 is 171 Å². The second-order valence-corrected chi connectivity index (χ2v) is 25.4. The average molecular weight is 1100 g/mol. The van der Waals surface area contributed by atoms with Crippen molar-refractivity contribution in [3.8, 4) is 0 Å². The first-order valence-corrected chi connectivity index (χ1v) is 27.4. The Kier molecular flexibility index (Phi) is 18.3. The highest BCUT2D eigenvalue weighted by Gasteiger charge is 2.72. The molecule has 4 saturated carbocycles. The third-order valence-electron chi connectivity index (χ3n) is 20.8. The maximum Gasteiger partial charge on any atom is 0.187 e. The fraction of sp³-hybridized carbons (Fsp3) is 0.962. The summed E-state index contributed by atoms with van der Waals surface area (Å²) in [4.78, 5) is 0. The van der Waals surface area contributed by atoms with Gasteiger partial charge in [-0.15, -0.1) is 0 Å². The molecule has 8 fully saturated rings. The summed E-state index contributed by atoms with van der Waals surface area (Å²) in [5.41, 5.74) is -2.42. The van der Waals surface area contributed by atoms with Crippen LogP contribution in [0.4, 0.5) is 0 Å². The Morgan fingerprint density at radius 2 is 1.18 bits per heavy atom. The Labute approximate surface area is 444 Å². The number of aliphatic hydroxyl groups excluding tert-OH is 15. The molecular weight excluding hydrogens is 1000 g/mol. The van der Waals surface area contributed by atoms with Gasteiger partial charge in [-0.05, 0) is 117 Å². The Bertz CT molecular complexity index is 1970. The molecule has 8 rings (SSSR count). The van der Waals surface area contributed by atoms with E-state index in [1.807, 2.05) is 6.92 Å². The number of fused-ring (bicyclic) bond motifs is 5. The second-order valence-electron chi connectivity index (χ2n) is 25.4. The molecule has 15 N–H and O–H groups in total. The lowest BCUT2D eigenvalue weighted by Gasteiger charge is -2.71. The van der Waals surface area contributed by atoms with E-state index in [2.05, 4.69) is 41.2 Å². The zero-order chi connectivity index (χ0) is 55.9. The van der Waals surface area contributed by atoms with Gasteiger partial charge in [0.25, 0.3) is 0 Å². The highest BCUT2D eigenvalue weighted by atomic mass is 16.8. The third kappa shape index (κ3) is 10.5. The van der Waals surface area contributed by atoms with Crippen molar-refractivity contribution in [3.05, 3.63) is 12.2 Å². The van der Waals surface area contributed by atoms with Crippen LogP contribution in [-0.4, -0.2) is 244 Å². The molecule has 4 aliphatic heterocycles. The van der Waals surface area contributed by atoms with E-state index in [-0.39, 0.29) is 54.0 Å². The van der Waals surface area contributed by atoms with Gasteiger partial charge in [0, 0.05) is 0 Å². The van der Waals surface area contributed by atoms with E-state index in [0.29, 0.717) is 37.7 Å². The SMILES string of the molecule is C=C(C)C(O)CC[C@](C)(OC1OC(COC2OCC(O)C(O)C2O)C(O)C(O)C1O)C1CC[C@]2(C)C1[C@H](O)CC1[C@@]3(C)CC[C@H](OC4OC(CO)C(O)C(O)C4OC4OC(CO)C(O)C(O)C4O)C(C)(C)C3CC[C@]12C. The maximum absolute atomic E-state index is 12.8. The summed E-state index contributed by atoms with van der Waals surface area (Å²) < 4.78 is 48.6. The molecule has 0 amide bonds. The molecule has 4 aliphatic carbocycles. The van der Waals surface area contributed by atoms with Gasteiger partial charge in [-0.2, -0.15) is 0 Å². The van der Waals surface area contributed by atoms with E-state index in [1.54, 1.807) is 6.92 Å². The van der Waals surface area contributed by atoms with Gasteiger partial charge < -0.3 is 114 Å². The van der Waals surface area contributed by atoms with Crippen LogP contribution >= 0.6 is 0 Å². The van der Waals surface area contributed by atoms with Gasteiger partial charge in [-0.25, -0.2) is 0 Å². The number of ether oxygens (including phenoxy) is 8. The highest BCUT2D eigenvalue weighted by Crippen LogP contribution is 2.76. The van der Waals surface area contributed by atoms with Crippen LogP contribution in [0.1, 0.15) is 106 Å². The van der Waals surface area contributed by atoms with Crippen molar-refractivity contribution in [3.63, 3.8) is 0 Å². The molecule has 0 spiro atoms. The predicted octanol–water partition coefficient (Wildman–Crippen LogP) is -2.59. The van der Waals surface area contributed by atoms with Crippen LogP contribution in [0, 0.1) is 45.3 Å². The van der Waals surface area contributed by atoms with E-state index in [4.69, 9.17) is 37.9 Å². The zero-order valence-corrected chi connectivity index (χ0v) is 44.9. The lowest BCUT2D eigenvalue weighted by Crippen LogP contribution is -2.68. The van der Waals surface area contributed by atoms with Gasteiger partial charge >= 0.3 is 0 Å². The van der Waals surface area contributed by atoms with Crippen molar-refractivity contribution >= 4 is 0 Å². The van der Waals surface area contributed by atoms with Crippen molar-refractivity contribution < 1.29 is 114 Å². The first-order valence-electron chi connectivity index (χ1n) is 27.4. The van der Waals surface area contributed by atoms with E-state index in [9.17, 15) is 76.6 Å². The molecule has 0 aromatic carbocycles. The molecule has 4 saturated heterocycles. The van der Waals surface area contributed by atoms with Crippen molar-refractivity contribution in [2.75, 3.05) is 26.4 Å². The third-order valence-corrected chi connectivity index (χ3v) is 20.8. The smallest absolute Gasteiger partial charge is 0.187 e. The molecule has 24 unspecified atom stereocenters. The van der Waals surface area contributed by atoms with Crippen LogP contribution in [0.5, 0.6) is 0 Å². The molecular formula is C53H90O23. The Morgan fingerprint density at radius 1 is 0.618 bits per heavy atom. The largest absolute Gasteiger partial charge is 0.394 e. The monoisotopic (exact) mass is 1090 g/mol. The van der Waals surface area contributed by atoms with Crippen LogP contribution in [0.25, 0.3) is 0 Å². The van der Waals surface area contributed by atoms with Crippen molar-refractivity contribution in [1.29, 1.82) is 0 Å². The van der Waals surface area contributed by atoms with E-state index in [1.165, 1.54) is 0 Å². The minimum atomic E-state index is -1.82. The highest BCUT2D eigenvalue weighted by molar-refractivity contribution is 5.20. The molecule has 0 aromatic heterocycles. The summed E-state index contributed by atoms with van der Waals surface area (Å²) in [5.74, 6) is -0.690. The molecule has 0 bridgehead atoms. The Hall–Kier alpha value is -1.18. The molecule has 30 atom stereocenters. The molecule has 0 radical (unpaired) electrons. The Morgan fingerprint density at radius 3 is 1.82 bits per heavy atom. The van der Waals surface area contributed by atoms with Crippen molar-refractivity contribution in [2.45, 2.75) is 247 Å². The number of rotatable bonds is 16. The normalized spacial score (nSPS) is 52.7. The van der Waals surface area contributed by atoms with Crippen LogP contribution in [0.15, 0.2) is 12.2 Å². The fourth-order valence-electron chi connectivity index (χ4n) is 16.0. The molecule has 23 nitrogen and oxygen atoms in total. The fourth-order valence-corrected chi connectivity index (χ4v) is 16.0. The molecule has 440 valence electrons. The zero-order valence-electron chi connectivity index (χ0n) is 44.9. The summed E-state index contributed by atoms with van der Waals surface area (Å²) in [7, 11) is 0. The topological polar surface area (TPSA) is 377 Å². The molecule has 76 heavy (non-hydrogen) atoms. The van der Waals surface area contributed by atoms with Crippen molar-refractivity contribution in [2.24, 2.45) is 45.3 Å². The van der Waals surface area contributed by atoms with Gasteiger partial charge in [-0.1, -0.05) is 46.8 Å². The van der Waals surface area contributed by atoms with E-state index >= 15 is 0 Å². The van der Waals surface area contributed by atoms with Crippen molar-refractivity contribution in [1.82, 2.24) is 0 Å². The van der Waals surface area contributed by atoms with Gasteiger partial charge in [0.15, 0.2) is 25.2 Å². The Balaban J connectivity index is 1.02. The summed E-state index contributed by atoms with van der Waals surface area (Å²) in [6.45, 7) is 16.4. The van der Waals surface area contributed by atoms with Gasteiger partial charge in [0.05, 0.1) is 50.3 Å². The minimum absolute atomic E-state index is 0.00672. The lowest BCUT2D eigenvalue weighted by molar-refractivity contribution is -0.378. The minimum Gasteiger partial charge on any atom is -0.394 e. The van der Waals surface area contributed by atoms with Crippen LogP contribution in [-0.2, 0) is 37.9 Å². The lowest BCUT2D eigenvalue weighted by atomic mass is 9.35. The molecule has 23 heteroatoms. The summed E-state index contributed by atoms with van der Waals surface area (Å²) in [6, 6.07) is 0. The second kappa shape index (κ2) is 22.9. The molecule has 8 aliphatic rings. The first-order chi connectivity index (χ1) is 35.5. The van der Waals surface area contributed by atoms with Gasteiger partial charge in [-0.3, -0.25) is 0 Å². The van der Waals surface area contributed by atoms with Gasteiger partial charge in [0.2, 0.25) is 0 Å². The molecule has 0 aromatic rings. The number of hydrogen-bond donors (Lipinski definition) is 15. The first kappa shape index (κ1) is 60.9. The maximum atomic E-state index is 12.8.